The lowest BCUT2D eigenvalue weighted by Crippen LogP contribution is -2.04. The minimum atomic E-state index is -4.41. The summed E-state index contributed by atoms with van der Waals surface area (Å²) in [7, 11) is -3.34. The molecule has 0 radical (unpaired) electrons. The van der Waals surface area contributed by atoms with E-state index in [4.69, 9.17) is 0 Å². The van der Waals surface area contributed by atoms with Crippen molar-refractivity contribution in [2.75, 3.05) is 6.26 Å². The van der Waals surface area contributed by atoms with Crippen LogP contribution in [0, 0.1) is 0 Å². The fraction of sp³-hybridized carbons (Fsp3) is 0.167. The number of halogens is 3. The van der Waals surface area contributed by atoms with Crippen LogP contribution < -0.4 is 0 Å². The number of hydrogen-bond acceptors (Lipinski definition) is 3. The summed E-state index contributed by atoms with van der Waals surface area (Å²) in [6, 6.07) is 6.20. The molecule has 0 N–H and O–H groups in total. The van der Waals surface area contributed by atoms with Crippen LogP contribution in [0.4, 0.5) is 13.2 Å². The van der Waals surface area contributed by atoms with Crippen molar-refractivity contribution >= 4 is 21.2 Å². The number of benzene rings is 1. The van der Waals surface area contributed by atoms with Gasteiger partial charge in [-0.05, 0) is 23.8 Å². The van der Waals surface area contributed by atoms with Crippen LogP contribution in [-0.2, 0) is 16.0 Å². The van der Waals surface area contributed by atoms with Crippen LogP contribution in [0.2, 0.25) is 0 Å². The normalized spacial score (nSPS) is 12.6. The molecular weight excluding hydrogens is 297 g/mol. The van der Waals surface area contributed by atoms with Crippen molar-refractivity contribution in [2.45, 2.75) is 11.1 Å². The summed E-state index contributed by atoms with van der Waals surface area (Å²) in [5.74, 6) is 0. The Kier molecular flexibility index (Phi) is 3.44. The van der Waals surface area contributed by atoms with Gasteiger partial charge in [0.1, 0.15) is 0 Å². The number of sulfone groups is 1. The van der Waals surface area contributed by atoms with Gasteiger partial charge in [0.15, 0.2) is 9.84 Å². The number of thiophene rings is 1. The van der Waals surface area contributed by atoms with Crippen molar-refractivity contribution in [3.8, 4) is 10.4 Å². The molecule has 0 aliphatic rings. The molecule has 0 atom stereocenters. The van der Waals surface area contributed by atoms with E-state index < -0.39 is 21.6 Å². The molecule has 0 saturated heterocycles. The number of hydrogen-bond donors (Lipinski definition) is 0. The molecule has 0 spiro atoms. The monoisotopic (exact) mass is 306 g/mol. The second kappa shape index (κ2) is 4.64. The summed E-state index contributed by atoms with van der Waals surface area (Å²) < 4.78 is 60.4. The average molecular weight is 306 g/mol. The lowest BCUT2D eigenvalue weighted by Gasteiger charge is -2.07. The Balaban J connectivity index is 2.46. The van der Waals surface area contributed by atoms with Gasteiger partial charge in [-0.1, -0.05) is 12.1 Å². The van der Waals surface area contributed by atoms with Crippen LogP contribution in [0.15, 0.2) is 40.6 Å². The van der Waals surface area contributed by atoms with Gasteiger partial charge < -0.3 is 0 Å². The number of rotatable bonds is 2. The summed E-state index contributed by atoms with van der Waals surface area (Å²) >= 11 is 1.10. The molecule has 7 heteroatoms. The third-order valence-electron chi connectivity index (χ3n) is 2.48. The summed E-state index contributed by atoms with van der Waals surface area (Å²) in [5, 5.41) is 1.42. The minimum Gasteiger partial charge on any atom is -0.224 e. The van der Waals surface area contributed by atoms with E-state index in [-0.39, 0.29) is 4.90 Å². The molecule has 0 bridgehead atoms. The molecule has 0 fully saturated rings. The van der Waals surface area contributed by atoms with E-state index in [0.29, 0.717) is 10.4 Å². The first kappa shape index (κ1) is 14.1. The van der Waals surface area contributed by atoms with E-state index in [1.165, 1.54) is 23.6 Å². The molecule has 0 saturated carbocycles. The molecule has 0 unspecified atom stereocenters. The third-order valence-corrected chi connectivity index (χ3v) is 4.70. The van der Waals surface area contributed by atoms with Gasteiger partial charge >= 0.3 is 6.18 Å². The molecule has 0 amide bonds. The van der Waals surface area contributed by atoms with E-state index >= 15 is 0 Å². The van der Waals surface area contributed by atoms with Gasteiger partial charge in [-0.25, -0.2) is 8.42 Å². The van der Waals surface area contributed by atoms with Gasteiger partial charge in [-0.15, -0.1) is 11.3 Å². The molecule has 19 heavy (non-hydrogen) atoms. The van der Waals surface area contributed by atoms with Gasteiger partial charge in [0, 0.05) is 16.5 Å². The quantitative estimate of drug-likeness (QED) is 0.845. The SMILES string of the molecule is CS(=O)(=O)c1csc(-c2cccc(C(F)(F)F)c2)c1. The summed E-state index contributed by atoms with van der Waals surface area (Å²) in [4.78, 5) is 0.608. The second-order valence-electron chi connectivity index (χ2n) is 4.00. The Labute approximate surface area is 112 Å². The van der Waals surface area contributed by atoms with E-state index in [1.54, 1.807) is 0 Å². The summed E-state index contributed by atoms with van der Waals surface area (Å²) in [6.45, 7) is 0. The highest BCUT2D eigenvalue weighted by Gasteiger charge is 2.30. The van der Waals surface area contributed by atoms with Crippen LogP contribution in [0.25, 0.3) is 10.4 Å². The lowest BCUT2D eigenvalue weighted by atomic mass is 10.1. The van der Waals surface area contributed by atoms with Crippen molar-refractivity contribution in [2.24, 2.45) is 0 Å². The zero-order chi connectivity index (χ0) is 14.3. The van der Waals surface area contributed by atoms with Crippen molar-refractivity contribution in [1.29, 1.82) is 0 Å². The van der Waals surface area contributed by atoms with E-state index in [1.807, 2.05) is 0 Å². The summed E-state index contributed by atoms with van der Waals surface area (Å²) in [6.07, 6.45) is -3.35. The van der Waals surface area contributed by atoms with Crippen LogP contribution in [0.5, 0.6) is 0 Å². The van der Waals surface area contributed by atoms with Gasteiger partial charge in [0.2, 0.25) is 0 Å². The molecule has 2 nitrogen and oxygen atoms in total. The molecule has 0 aliphatic carbocycles. The maximum atomic E-state index is 12.6. The smallest absolute Gasteiger partial charge is 0.224 e. The van der Waals surface area contributed by atoms with E-state index in [2.05, 4.69) is 0 Å². The predicted molar refractivity (Wildman–Crippen MR) is 67.9 cm³/mol. The zero-order valence-electron chi connectivity index (χ0n) is 9.73. The fourth-order valence-corrected chi connectivity index (χ4v) is 3.53. The Morgan fingerprint density at radius 2 is 1.84 bits per heavy atom. The van der Waals surface area contributed by atoms with E-state index in [0.717, 1.165) is 29.7 Å². The Bertz CT molecular complexity index is 700. The Hall–Kier alpha value is -1.34. The highest BCUT2D eigenvalue weighted by atomic mass is 32.2. The maximum absolute atomic E-state index is 12.6. The molecule has 1 aromatic heterocycles. The Morgan fingerprint density at radius 1 is 1.16 bits per heavy atom. The molecule has 1 heterocycles. The van der Waals surface area contributed by atoms with Gasteiger partial charge in [-0.2, -0.15) is 13.2 Å². The fourth-order valence-electron chi connectivity index (χ4n) is 1.51. The molecular formula is C12H9F3O2S2. The first-order chi connectivity index (χ1) is 8.68. The van der Waals surface area contributed by atoms with Gasteiger partial charge in [-0.3, -0.25) is 0 Å². The standard InChI is InChI=1S/C12H9F3O2S2/c1-19(16,17)10-6-11(18-7-10)8-3-2-4-9(5-8)12(13,14)15/h2-7H,1H3. The largest absolute Gasteiger partial charge is 0.416 e. The first-order valence-electron chi connectivity index (χ1n) is 5.14. The van der Waals surface area contributed by atoms with Crippen molar-refractivity contribution < 1.29 is 21.6 Å². The van der Waals surface area contributed by atoms with Crippen molar-refractivity contribution in [3.05, 3.63) is 41.3 Å². The molecule has 2 rings (SSSR count). The second-order valence-corrected chi connectivity index (χ2v) is 6.92. The number of alkyl halides is 3. The van der Waals surface area contributed by atoms with Gasteiger partial charge in [0.05, 0.1) is 10.5 Å². The highest BCUT2D eigenvalue weighted by Crippen LogP contribution is 2.34. The average Bonchev–Trinajstić information content (AvgIpc) is 2.77. The first-order valence-corrected chi connectivity index (χ1v) is 7.91. The van der Waals surface area contributed by atoms with Crippen molar-refractivity contribution in [1.82, 2.24) is 0 Å². The lowest BCUT2D eigenvalue weighted by molar-refractivity contribution is -0.137. The van der Waals surface area contributed by atoms with Gasteiger partial charge in [0.25, 0.3) is 0 Å². The maximum Gasteiger partial charge on any atom is 0.416 e. The summed E-state index contributed by atoms with van der Waals surface area (Å²) in [5.41, 5.74) is -0.394. The topological polar surface area (TPSA) is 34.1 Å². The highest BCUT2D eigenvalue weighted by molar-refractivity contribution is 7.90. The molecule has 1 aromatic carbocycles. The van der Waals surface area contributed by atoms with Crippen molar-refractivity contribution in [3.63, 3.8) is 0 Å². The Morgan fingerprint density at radius 3 is 2.37 bits per heavy atom. The molecule has 102 valence electrons. The van der Waals surface area contributed by atoms with Crippen LogP contribution in [0.1, 0.15) is 5.56 Å². The van der Waals surface area contributed by atoms with Crippen LogP contribution >= 0.6 is 11.3 Å². The van der Waals surface area contributed by atoms with E-state index in [9.17, 15) is 21.6 Å². The zero-order valence-corrected chi connectivity index (χ0v) is 11.4. The third kappa shape index (κ3) is 3.16. The molecule has 0 aliphatic heterocycles. The minimum absolute atomic E-state index is 0.116. The predicted octanol–water partition coefficient (Wildman–Crippen LogP) is 3.84. The van der Waals surface area contributed by atoms with Crippen LogP contribution in [0.3, 0.4) is 0 Å². The van der Waals surface area contributed by atoms with Crippen LogP contribution in [-0.4, -0.2) is 14.7 Å². The molecule has 2 aromatic rings.